The summed E-state index contributed by atoms with van der Waals surface area (Å²) in [7, 11) is 0. The molecule has 2 heterocycles. The number of likely N-dealkylation sites (tertiary alicyclic amines) is 1. The molecule has 2 amide bonds. The summed E-state index contributed by atoms with van der Waals surface area (Å²) >= 11 is 0. The van der Waals surface area contributed by atoms with Crippen molar-refractivity contribution in [2.75, 3.05) is 18.4 Å². The van der Waals surface area contributed by atoms with Crippen molar-refractivity contribution in [3.63, 3.8) is 0 Å². The van der Waals surface area contributed by atoms with E-state index in [-0.39, 0.29) is 24.5 Å². The van der Waals surface area contributed by atoms with Crippen molar-refractivity contribution < 1.29 is 14.7 Å². The Bertz CT molecular complexity index is 942. The number of nitrogens with one attached hydrogen (secondary N) is 1. The summed E-state index contributed by atoms with van der Waals surface area (Å²) in [6.45, 7) is 6.80. The summed E-state index contributed by atoms with van der Waals surface area (Å²) < 4.78 is 1.83. The number of amides is 2. The first-order chi connectivity index (χ1) is 13.8. The number of piperidine rings is 1. The normalized spacial score (nSPS) is 26.2. The minimum atomic E-state index is -0.858. The van der Waals surface area contributed by atoms with Crippen molar-refractivity contribution in [1.82, 2.24) is 25.1 Å². The number of carboxylic acid groups (broad SMARTS) is 1. The molecule has 2 unspecified atom stereocenters. The number of carbonyl (C=O) groups is 2. The SMILES string of the molecule is Cc1cccc(-c2nnnn2[C@@H]2C[C@H]2C)c1NC(=O)N1CC(C)CC(C(=O)O)C1. The van der Waals surface area contributed by atoms with Crippen molar-refractivity contribution in [2.24, 2.45) is 17.8 Å². The quantitative estimate of drug-likeness (QED) is 0.819. The molecule has 1 aliphatic carbocycles. The molecular weight excluding hydrogens is 372 g/mol. The first-order valence-electron chi connectivity index (χ1n) is 10.0. The molecule has 1 aromatic carbocycles. The summed E-state index contributed by atoms with van der Waals surface area (Å²) in [6, 6.07) is 5.72. The Kier molecular flexibility index (Phi) is 4.97. The number of carboxylic acids is 1. The van der Waals surface area contributed by atoms with Crippen LogP contribution in [0.1, 0.15) is 38.3 Å². The van der Waals surface area contributed by atoms with E-state index in [9.17, 15) is 14.7 Å². The zero-order chi connectivity index (χ0) is 20.7. The third-order valence-electron chi connectivity index (χ3n) is 5.92. The van der Waals surface area contributed by atoms with Gasteiger partial charge in [0.05, 0.1) is 17.6 Å². The predicted molar refractivity (Wildman–Crippen MR) is 106 cm³/mol. The molecule has 1 aliphatic heterocycles. The van der Waals surface area contributed by atoms with Crippen LogP contribution in [0.5, 0.6) is 0 Å². The van der Waals surface area contributed by atoms with Crippen molar-refractivity contribution in [3.05, 3.63) is 23.8 Å². The van der Waals surface area contributed by atoms with Crippen LogP contribution in [0.4, 0.5) is 10.5 Å². The topological polar surface area (TPSA) is 113 Å². The van der Waals surface area contributed by atoms with Gasteiger partial charge in [0.1, 0.15) is 0 Å². The number of tetrazole rings is 1. The maximum Gasteiger partial charge on any atom is 0.321 e. The van der Waals surface area contributed by atoms with Gasteiger partial charge in [-0.2, -0.15) is 0 Å². The third kappa shape index (κ3) is 3.81. The molecule has 2 aliphatic rings. The Labute approximate surface area is 169 Å². The van der Waals surface area contributed by atoms with E-state index in [4.69, 9.17) is 0 Å². The average molecular weight is 398 g/mol. The van der Waals surface area contributed by atoms with Gasteiger partial charge in [-0.15, -0.1) is 5.10 Å². The number of aliphatic carboxylic acids is 1. The Morgan fingerprint density at radius 1 is 1.21 bits per heavy atom. The molecule has 4 atom stereocenters. The maximum absolute atomic E-state index is 13.0. The molecule has 4 rings (SSSR count). The monoisotopic (exact) mass is 398 g/mol. The molecular formula is C20H26N6O3. The summed E-state index contributed by atoms with van der Waals surface area (Å²) in [5.41, 5.74) is 2.32. The van der Waals surface area contributed by atoms with Gasteiger partial charge < -0.3 is 15.3 Å². The Morgan fingerprint density at radius 3 is 2.66 bits per heavy atom. The molecule has 29 heavy (non-hydrogen) atoms. The molecule has 1 aromatic heterocycles. The Balaban J connectivity index is 1.60. The number of para-hydroxylation sites is 1. The average Bonchev–Trinajstić information content (AvgIpc) is 3.21. The van der Waals surface area contributed by atoms with Gasteiger partial charge in [0.15, 0.2) is 5.82 Å². The first kappa shape index (κ1) is 19.4. The van der Waals surface area contributed by atoms with Crippen molar-refractivity contribution in [1.29, 1.82) is 0 Å². The lowest BCUT2D eigenvalue weighted by Crippen LogP contribution is -2.47. The second-order valence-corrected chi connectivity index (χ2v) is 8.44. The van der Waals surface area contributed by atoms with Crippen LogP contribution in [0.25, 0.3) is 11.4 Å². The van der Waals surface area contributed by atoms with E-state index < -0.39 is 11.9 Å². The van der Waals surface area contributed by atoms with Crippen LogP contribution in [-0.4, -0.2) is 55.3 Å². The van der Waals surface area contributed by atoms with Gasteiger partial charge in [0.25, 0.3) is 0 Å². The van der Waals surface area contributed by atoms with Crippen LogP contribution in [0.15, 0.2) is 18.2 Å². The van der Waals surface area contributed by atoms with Crippen LogP contribution < -0.4 is 5.32 Å². The number of benzene rings is 1. The van der Waals surface area contributed by atoms with Gasteiger partial charge in [0, 0.05) is 18.7 Å². The molecule has 154 valence electrons. The van der Waals surface area contributed by atoms with Crippen LogP contribution in [-0.2, 0) is 4.79 Å². The van der Waals surface area contributed by atoms with Gasteiger partial charge >= 0.3 is 12.0 Å². The fourth-order valence-corrected chi connectivity index (χ4v) is 4.14. The van der Waals surface area contributed by atoms with Gasteiger partial charge in [-0.05, 0) is 53.7 Å². The summed E-state index contributed by atoms with van der Waals surface area (Å²) in [5, 5.41) is 24.6. The second-order valence-electron chi connectivity index (χ2n) is 8.44. The van der Waals surface area contributed by atoms with E-state index in [1.165, 1.54) is 0 Å². The molecule has 1 saturated heterocycles. The van der Waals surface area contributed by atoms with Gasteiger partial charge in [-0.25, -0.2) is 9.48 Å². The Hall–Kier alpha value is -2.97. The zero-order valence-corrected chi connectivity index (χ0v) is 16.9. The van der Waals surface area contributed by atoms with Gasteiger partial charge in [-0.3, -0.25) is 4.79 Å². The van der Waals surface area contributed by atoms with Crippen LogP contribution in [0.2, 0.25) is 0 Å². The summed E-state index contributed by atoms with van der Waals surface area (Å²) in [6.07, 6.45) is 1.62. The Morgan fingerprint density at radius 2 is 1.97 bits per heavy atom. The van der Waals surface area contributed by atoms with E-state index in [0.717, 1.165) is 17.5 Å². The number of hydrogen-bond acceptors (Lipinski definition) is 5. The first-order valence-corrected chi connectivity index (χ1v) is 10.0. The number of urea groups is 1. The highest BCUT2D eigenvalue weighted by molar-refractivity contribution is 5.95. The maximum atomic E-state index is 13.0. The van der Waals surface area contributed by atoms with E-state index in [2.05, 4.69) is 27.8 Å². The molecule has 0 radical (unpaired) electrons. The van der Waals surface area contributed by atoms with Crippen molar-refractivity contribution in [3.8, 4) is 11.4 Å². The van der Waals surface area contributed by atoms with Gasteiger partial charge in [0.2, 0.25) is 0 Å². The molecule has 9 nitrogen and oxygen atoms in total. The number of aryl methyl sites for hydroxylation is 1. The standard InChI is InChI=1S/C20H26N6O3/c1-11-7-14(19(27)28)10-25(9-11)20(29)21-17-12(2)5-4-6-15(17)18-22-23-24-26(18)16-8-13(16)3/h4-6,11,13-14,16H,7-10H2,1-3H3,(H,21,29)(H,27,28)/t11?,13-,14?,16-/m1/s1. The van der Waals surface area contributed by atoms with Crippen LogP contribution in [0, 0.1) is 24.7 Å². The van der Waals surface area contributed by atoms with Crippen LogP contribution >= 0.6 is 0 Å². The highest BCUT2D eigenvalue weighted by Gasteiger charge is 2.38. The van der Waals surface area contributed by atoms with E-state index in [1.807, 2.05) is 36.7 Å². The second kappa shape index (κ2) is 7.46. The molecule has 1 saturated carbocycles. The lowest BCUT2D eigenvalue weighted by Gasteiger charge is -2.34. The molecule has 0 spiro atoms. The number of aromatic nitrogens is 4. The van der Waals surface area contributed by atoms with Gasteiger partial charge in [-0.1, -0.05) is 26.0 Å². The largest absolute Gasteiger partial charge is 0.481 e. The molecule has 2 aromatic rings. The fraction of sp³-hybridized carbons (Fsp3) is 0.550. The molecule has 9 heteroatoms. The number of nitrogens with zero attached hydrogens (tertiary/aromatic N) is 5. The third-order valence-corrected chi connectivity index (χ3v) is 5.92. The van der Waals surface area contributed by atoms with E-state index in [0.29, 0.717) is 30.4 Å². The summed E-state index contributed by atoms with van der Waals surface area (Å²) in [4.78, 5) is 26.0. The fourth-order valence-electron chi connectivity index (χ4n) is 4.14. The minimum absolute atomic E-state index is 0.135. The lowest BCUT2D eigenvalue weighted by molar-refractivity contribution is -0.143. The van der Waals surface area contributed by atoms with E-state index in [1.54, 1.807) is 4.90 Å². The number of carbonyl (C=O) groups excluding carboxylic acids is 1. The predicted octanol–water partition coefficient (Wildman–Crippen LogP) is 2.80. The molecule has 2 fully saturated rings. The molecule has 0 bridgehead atoms. The zero-order valence-electron chi connectivity index (χ0n) is 16.9. The van der Waals surface area contributed by atoms with E-state index >= 15 is 0 Å². The van der Waals surface area contributed by atoms with Crippen molar-refractivity contribution in [2.45, 2.75) is 39.7 Å². The lowest BCUT2D eigenvalue weighted by atomic mass is 9.91. The number of hydrogen-bond donors (Lipinski definition) is 2. The van der Waals surface area contributed by atoms with Crippen LogP contribution in [0.3, 0.4) is 0 Å². The minimum Gasteiger partial charge on any atom is -0.481 e. The van der Waals surface area contributed by atoms with Crippen molar-refractivity contribution >= 4 is 17.7 Å². The highest BCUT2D eigenvalue weighted by Crippen LogP contribution is 2.44. The summed E-state index contributed by atoms with van der Waals surface area (Å²) in [5.74, 6) is -0.0968. The number of rotatable bonds is 4. The molecule has 2 N–H and O–H groups in total. The smallest absolute Gasteiger partial charge is 0.321 e. The highest BCUT2D eigenvalue weighted by atomic mass is 16.4. The number of anilines is 1.